The Morgan fingerprint density at radius 3 is 2.74 bits per heavy atom. The summed E-state index contributed by atoms with van der Waals surface area (Å²) in [6.45, 7) is 3.17. The highest BCUT2D eigenvalue weighted by atomic mass is 32.2. The van der Waals surface area contributed by atoms with Crippen molar-refractivity contribution >= 4 is 29.2 Å². The van der Waals surface area contributed by atoms with Crippen LogP contribution in [0, 0.1) is 16.0 Å². The van der Waals surface area contributed by atoms with Gasteiger partial charge in [0.15, 0.2) is 0 Å². The number of rotatable bonds is 3. The number of hydrogen-bond acceptors (Lipinski definition) is 6. The van der Waals surface area contributed by atoms with Gasteiger partial charge < -0.3 is 9.80 Å². The molecule has 0 spiro atoms. The van der Waals surface area contributed by atoms with Crippen molar-refractivity contribution in [2.45, 2.75) is 12.8 Å². The molecule has 0 bridgehead atoms. The van der Waals surface area contributed by atoms with Crippen molar-refractivity contribution in [3.63, 3.8) is 0 Å². The van der Waals surface area contributed by atoms with Crippen LogP contribution in [0.25, 0.3) is 0 Å². The number of amides is 1. The Morgan fingerprint density at radius 1 is 1.30 bits per heavy atom. The highest BCUT2D eigenvalue weighted by Crippen LogP contribution is 2.25. The number of thioether (sulfide) groups is 1. The molecule has 3 heterocycles. The molecular formula is C15H20N4O3S. The van der Waals surface area contributed by atoms with Crippen LogP contribution in [0.4, 0.5) is 11.5 Å². The fourth-order valence-electron chi connectivity index (χ4n) is 3.10. The molecule has 2 aliphatic rings. The maximum atomic E-state index is 12.7. The van der Waals surface area contributed by atoms with E-state index in [1.54, 1.807) is 6.07 Å². The molecule has 1 amide bonds. The third-order valence-corrected chi connectivity index (χ3v) is 5.30. The first kappa shape index (κ1) is 16.0. The first-order valence-corrected chi connectivity index (χ1v) is 9.02. The van der Waals surface area contributed by atoms with Crippen molar-refractivity contribution in [3.05, 3.63) is 28.4 Å². The third kappa shape index (κ3) is 3.74. The molecule has 1 unspecified atom stereocenters. The van der Waals surface area contributed by atoms with E-state index in [0.717, 1.165) is 44.0 Å². The van der Waals surface area contributed by atoms with Gasteiger partial charge in [-0.3, -0.25) is 14.9 Å². The summed E-state index contributed by atoms with van der Waals surface area (Å²) in [7, 11) is 0. The zero-order valence-corrected chi connectivity index (χ0v) is 13.7. The van der Waals surface area contributed by atoms with Gasteiger partial charge in [-0.05, 0) is 18.9 Å². The minimum Gasteiger partial charge on any atom is -0.356 e. The van der Waals surface area contributed by atoms with E-state index in [-0.39, 0.29) is 17.5 Å². The number of nitrogens with zero attached hydrogens (tertiary/aromatic N) is 4. The maximum absolute atomic E-state index is 12.7. The summed E-state index contributed by atoms with van der Waals surface area (Å²) in [6.07, 6.45) is 3.13. The summed E-state index contributed by atoms with van der Waals surface area (Å²) in [4.78, 5) is 31.1. The summed E-state index contributed by atoms with van der Waals surface area (Å²) < 4.78 is 0. The predicted octanol–water partition coefficient (Wildman–Crippen LogP) is 1.78. The van der Waals surface area contributed by atoms with Crippen molar-refractivity contribution in [3.8, 4) is 0 Å². The second-order valence-electron chi connectivity index (χ2n) is 5.85. The van der Waals surface area contributed by atoms with Crippen LogP contribution in [0.15, 0.2) is 18.3 Å². The number of carbonyl (C=O) groups excluding carboxylic acids is 1. The molecule has 0 aromatic carbocycles. The molecule has 1 aromatic heterocycles. The van der Waals surface area contributed by atoms with Gasteiger partial charge in [0.25, 0.3) is 5.69 Å². The van der Waals surface area contributed by atoms with E-state index in [0.29, 0.717) is 12.4 Å². The van der Waals surface area contributed by atoms with Crippen LogP contribution in [-0.2, 0) is 4.79 Å². The quantitative estimate of drug-likeness (QED) is 0.618. The molecule has 1 atom stereocenters. The largest absolute Gasteiger partial charge is 0.356 e. The number of nitro groups is 1. The van der Waals surface area contributed by atoms with Gasteiger partial charge in [0.2, 0.25) is 5.91 Å². The fraction of sp³-hybridized carbons (Fsp3) is 0.600. The zero-order chi connectivity index (χ0) is 16.2. The van der Waals surface area contributed by atoms with Gasteiger partial charge in [-0.1, -0.05) is 0 Å². The van der Waals surface area contributed by atoms with E-state index >= 15 is 0 Å². The van der Waals surface area contributed by atoms with Crippen molar-refractivity contribution < 1.29 is 9.72 Å². The number of hydrogen-bond donors (Lipinski definition) is 0. The van der Waals surface area contributed by atoms with E-state index in [1.807, 2.05) is 16.7 Å². The predicted molar refractivity (Wildman–Crippen MR) is 89.7 cm³/mol. The van der Waals surface area contributed by atoms with Crippen molar-refractivity contribution in [1.82, 2.24) is 9.88 Å². The molecular weight excluding hydrogens is 316 g/mol. The summed E-state index contributed by atoms with van der Waals surface area (Å²) in [5.74, 6) is 3.00. The molecule has 0 radical (unpaired) electrons. The Labute approximate surface area is 139 Å². The van der Waals surface area contributed by atoms with Crippen LogP contribution in [0.1, 0.15) is 12.8 Å². The lowest BCUT2D eigenvalue weighted by atomic mass is 9.96. The van der Waals surface area contributed by atoms with Crippen LogP contribution in [-0.4, -0.2) is 58.4 Å². The number of aromatic nitrogens is 1. The average molecular weight is 336 g/mol. The lowest BCUT2D eigenvalue weighted by Crippen LogP contribution is -2.47. The van der Waals surface area contributed by atoms with Gasteiger partial charge in [0.1, 0.15) is 12.0 Å². The molecule has 124 valence electrons. The summed E-state index contributed by atoms with van der Waals surface area (Å²) in [5.41, 5.74) is -0.01000. The molecule has 2 fully saturated rings. The highest BCUT2D eigenvalue weighted by molar-refractivity contribution is 7.99. The molecule has 23 heavy (non-hydrogen) atoms. The van der Waals surface area contributed by atoms with Crippen LogP contribution in [0.3, 0.4) is 0 Å². The van der Waals surface area contributed by atoms with Crippen LogP contribution >= 0.6 is 11.8 Å². The molecule has 2 saturated heterocycles. The molecule has 8 heteroatoms. The summed E-state index contributed by atoms with van der Waals surface area (Å²) >= 11 is 1.89. The smallest absolute Gasteiger partial charge is 0.287 e. The number of pyridine rings is 1. The second-order valence-corrected chi connectivity index (χ2v) is 7.08. The van der Waals surface area contributed by atoms with E-state index in [4.69, 9.17) is 0 Å². The summed E-state index contributed by atoms with van der Waals surface area (Å²) in [5, 5.41) is 10.7. The summed E-state index contributed by atoms with van der Waals surface area (Å²) in [6, 6.07) is 3.14. The molecule has 0 aliphatic carbocycles. The minimum atomic E-state index is -0.451. The standard InChI is InChI=1S/C15H20N4O3S/c20-15(17-6-8-23-9-7-17)12-2-1-5-18(11-12)14-4-3-13(10-16-14)19(21)22/h3-4,10,12H,1-2,5-9,11H2. The topological polar surface area (TPSA) is 79.6 Å². The van der Waals surface area contributed by atoms with Crippen molar-refractivity contribution in [2.24, 2.45) is 5.92 Å². The van der Waals surface area contributed by atoms with Gasteiger partial charge >= 0.3 is 0 Å². The maximum Gasteiger partial charge on any atom is 0.287 e. The Bertz CT molecular complexity index is 575. The van der Waals surface area contributed by atoms with Gasteiger partial charge in [-0.25, -0.2) is 4.98 Å². The van der Waals surface area contributed by atoms with Crippen molar-refractivity contribution in [1.29, 1.82) is 0 Å². The SMILES string of the molecule is O=C(C1CCCN(c2ccc([N+](=O)[O-])cn2)C1)N1CCSCC1. The Hall–Kier alpha value is -1.83. The Balaban J connectivity index is 1.65. The number of piperidine rings is 1. The van der Waals surface area contributed by atoms with Crippen LogP contribution < -0.4 is 4.90 Å². The van der Waals surface area contributed by atoms with Crippen LogP contribution in [0.2, 0.25) is 0 Å². The van der Waals surface area contributed by atoms with E-state index in [9.17, 15) is 14.9 Å². The first-order valence-electron chi connectivity index (χ1n) is 7.87. The lowest BCUT2D eigenvalue weighted by Gasteiger charge is -2.36. The second kappa shape index (κ2) is 7.16. The lowest BCUT2D eigenvalue weighted by molar-refractivity contribution is -0.385. The molecule has 0 N–H and O–H groups in total. The number of anilines is 1. The van der Waals surface area contributed by atoms with Gasteiger partial charge in [0.05, 0.1) is 10.8 Å². The Kier molecular flexibility index (Phi) is 5.00. The van der Waals surface area contributed by atoms with Gasteiger partial charge in [-0.2, -0.15) is 11.8 Å². The fourth-order valence-corrected chi connectivity index (χ4v) is 4.01. The zero-order valence-electron chi connectivity index (χ0n) is 12.9. The molecule has 1 aromatic rings. The van der Waals surface area contributed by atoms with E-state index in [1.165, 1.54) is 12.3 Å². The normalized spacial score (nSPS) is 22.0. The minimum absolute atomic E-state index is 0.00356. The number of carbonyl (C=O) groups is 1. The Morgan fingerprint density at radius 2 is 2.09 bits per heavy atom. The first-order chi connectivity index (χ1) is 11.1. The van der Waals surface area contributed by atoms with Crippen molar-refractivity contribution in [2.75, 3.05) is 42.6 Å². The average Bonchev–Trinajstić information content (AvgIpc) is 2.62. The highest BCUT2D eigenvalue weighted by Gasteiger charge is 2.30. The third-order valence-electron chi connectivity index (χ3n) is 4.36. The molecule has 0 saturated carbocycles. The molecule has 3 rings (SSSR count). The van der Waals surface area contributed by atoms with E-state index in [2.05, 4.69) is 9.88 Å². The monoisotopic (exact) mass is 336 g/mol. The van der Waals surface area contributed by atoms with Crippen LogP contribution in [0.5, 0.6) is 0 Å². The van der Waals surface area contributed by atoms with Gasteiger partial charge in [0, 0.05) is 43.8 Å². The van der Waals surface area contributed by atoms with Gasteiger partial charge in [-0.15, -0.1) is 0 Å². The van der Waals surface area contributed by atoms with E-state index < -0.39 is 4.92 Å². The molecule has 2 aliphatic heterocycles. The molecule has 7 nitrogen and oxygen atoms in total.